The molecule has 2 amide bonds. The van der Waals surface area contributed by atoms with Gasteiger partial charge < -0.3 is 20.6 Å². The van der Waals surface area contributed by atoms with Crippen LogP contribution in [-0.4, -0.2) is 54.7 Å². The number of hydrogen-bond acceptors (Lipinski definition) is 3. The number of unbranched alkanes of at least 4 members (excludes halogenated alkanes) is 1. The van der Waals surface area contributed by atoms with Crippen LogP contribution < -0.4 is 10.6 Å². The number of nitrogens with zero attached hydrogens (tertiary/aromatic N) is 1. The lowest BCUT2D eigenvalue weighted by molar-refractivity contribution is -0.139. The van der Waals surface area contributed by atoms with Gasteiger partial charge >= 0.3 is 12.0 Å². The molecule has 6 heteroatoms. The SMILES string of the molecule is CN(C)CCCCNC(=O)NC1(CC(=O)O)CCCCC1. The standard InChI is InChI=1S/C15H29N3O3/c1-18(2)11-7-6-10-16-14(21)17-15(12-13(19)20)8-4-3-5-9-15/h3-12H2,1-2H3,(H,19,20)(H2,16,17,21). The zero-order valence-corrected chi connectivity index (χ0v) is 13.3. The summed E-state index contributed by atoms with van der Waals surface area (Å²) in [6.07, 6.45) is 6.58. The lowest BCUT2D eigenvalue weighted by Gasteiger charge is -2.36. The van der Waals surface area contributed by atoms with Crippen LogP contribution >= 0.6 is 0 Å². The van der Waals surface area contributed by atoms with Gasteiger partial charge in [0.1, 0.15) is 0 Å². The van der Waals surface area contributed by atoms with Gasteiger partial charge in [-0.3, -0.25) is 4.79 Å². The van der Waals surface area contributed by atoms with Crippen LogP contribution in [0.2, 0.25) is 0 Å². The second-order valence-corrected chi connectivity index (χ2v) is 6.30. The van der Waals surface area contributed by atoms with Gasteiger partial charge in [0.2, 0.25) is 0 Å². The number of carbonyl (C=O) groups is 2. The number of urea groups is 1. The Labute approximate surface area is 127 Å². The van der Waals surface area contributed by atoms with Crippen molar-refractivity contribution in [2.75, 3.05) is 27.2 Å². The maximum Gasteiger partial charge on any atom is 0.315 e. The molecule has 0 heterocycles. The Hall–Kier alpha value is -1.30. The highest BCUT2D eigenvalue weighted by molar-refractivity contribution is 5.76. The summed E-state index contributed by atoms with van der Waals surface area (Å²) in [5.74, 6) is -0.844. The minimum absolute atomic E-state index is 0.0149. The number of aliphatic carboxylic acids is 1. The molecule has 1 fully saturated rings. The van der Waals surface area contributed by atoms with E-state index < -0.39 is 11.5 Å². The first-order chi connectivity index (χ1) is 9.93. The summed E-state index contributed by atoms with van der Waals surface area (Å²) in [5.41, 5.74) is -0.558. The van der Waals surface area contributed by atoms with Crippen molar-refractivity contribution in [3.05, 3.63) is 0 Å². The molecule has 6 nitrogen and oxygen atoms in total. The molecule has 0 bridgehead atoms. The number of rotatable bonds is 8. The maximum atomic E-state index is 12.0. The van der Waals surface area contributed by atoms with Gasteiger partial charge in [-0.05, 0) is 46.3 Å². The maximum absolute atomic E-state index is 12.0. The molecule has 0 unspecified atom stereocenters. The number of carboxylic acid groups (broad SMARTS) is 1. The van der Waals surface area contributed by atoms with Crippen molar-refractivity contribution >= 4 is 12.0 Å². The van der Waals surface area contributed by atoms with Gasteiger partial charge in [0.05, 0.1) is 12.0 Å². The van der Waals surface area contributed by atoms with Gasteiger partial charge in [0, 0.05) is 6.54 Å². The Balaban J connectivity index is 2.33. The van der Waals surface area contributed by atoms with Gasteiger partial charge in [-0.25, -0.2) is 4.79 Å². The van der Waals surface area contributed by atoms with E-state index in [9.17, 15) is 9.59 Å². The van der Waals surface area contributed by atoms with Crippen LogP contribution in [0.15, 0.2) is 0 Å². The fraction of sp³-hybridized carbons (Fsp3) is 0.867. The quantitative estimate of drug-likeness (QED) is 0.597. The molecule has 1 aliphatic rings. The van der Waals surface area contributed by atoms with Gasteiger partial charge in [0.15, 0.2) is 0 Å². The molecule has 1 saturated carbocycles. The highest BCUT2D eigenvalue weighted by Gasteiger charge is 2.35. The van der Waals surface area contributed by atoms with E-state index in [0.29, 0.717) is 6.54 Å². The molecule has 0 radical (unpaired) electrons. The first-order valence-electron chi connectivity index (χ1n) is 7.86. The molecule has 3 N–H and O–H groups in total. The molecule has 0 aromatic carbocycles. The van der Waals surface area contributed by atoms with Crippen LogP contribution in [0.4, 0.5) is 4.79 Å². The largest absolute Gasteiger partial charge is 0.481 e. The van der Waals surface area contributed by atoms with Crippen LogP contribution in [0, 0.1) is 0 Å². The van der Waals surface area contributed by atoms with Crippen LogP contribution in [0.1, 0.15) is 51.4 Å². The number of amides is 2. The van der Waals surface area contributed by atoms with E-state index in [1.54, 1.807) is 0 Å². The predicted molar refractivity (Wildman–Crippen MR) is 82.4 cm³/mol. The highest BCUT2D eigenvalue weighted by atomic mass is 16.4. The third-order valence-electron chi connectivity index (χ3n) is 4.00. The van der Waals surface area contributed by atoms with Crippen molar-refractivity contribution in [1.82, 2.24) is 15.5 Å². The summed E-state index contributed by atoms with van der Waals surface area (Å²) in [5, 5.41) is 14.8. The summed E-state index contributed by atoms with van der Waals surface area (Å²) >= 11 is 0. The number of hydrogen-bond donors (Lipinski definition) is 3. The minimum atomic E-state index is -0.844. The van der Waals surface area contributed by atoms with Gasteiger partial charge in [-0.2, -0.15) is 0 Å². The monoisotopic (exact) mass is 299 g/mol. The first-order valence-corrected chi connectivity index (χ1v) is 7.86. The molecule has 0 aromatic heterocycles. The molecule has 1 aliphatic carbocycles. The summed E-state index contributed by atoms with van der Waals surface area (Å²) in [6, 6.07) is -0.233. The van der Waals surface area contributed by atoms with Crippen LogP contribution in [0.5, 0.6) is 0 Å². The predicted octanol–water partition coefficient (Wildman–Crippen LogP) is 1.80. The normalized spacial score (nSPS) is 17.5. The number of carboxylic acids is 1. The molecule has 0 aromatic rings. The second kappa shape index (κ2) is 8.87. The summed E-state index contributed by atoms with van der Waals surface area (Å²) in [6.45, 7) is 1.63. The molecular weight excluding hydrogens is 270 g/mol. The van der Waals surface area contributed by atoms with E-state index in [2.05, 4.69) is 15.5 Å². The fourth-order valence-electron chi connectivity index (χ4n) is 2.90. The molecule has 21 heavy (non-hydrogen) atoms. The molecule has 0 aliphatic heterocycles. The molecule has 1 rings (SSSR count). The van der Waals surface area contributed by atoms with E-state index in [4.69, 9.17) is 5.11 Å². The van der Waals surface area contributed by atoms with E-state index in [1.165, 1.54) is 0 Å². The zero-order valence-electron chi connectivity index (χ0n) is 13.3. The zero-order chi connectivity index (χ0) is 15.7. The average molecular weight is 299 g/mol. The van der Waals surface area contributed by atoms with Crippen molar-refractivity contribution in [3.8, 4) is 0 Å². The fourth-order valence-corrected chi connectivity index (χ4v) is 2.90. The minimum Gasteiger partial charge on any atom is -0.481 e. The van der Waals surface area contributed by atoms with E-state index in [1.807, 2.05) is 14.1 Å². The Kier molecular flexibility index (Phi) is 7.50. The second-order valence-electron chi connectivity index (χ2n) is 6.30. The average Bonchev–Trinajstić information content (AvgIpc) is 2.37. The number of nitrogens with one attached hydrogen (secondary N) is 2. The lowest BCUT2D eigenvalue weighted by Crippen LogP contribution is -2.54. The van der Waals surface area contributed by atoms with Crippen molar-refractivity contribution < 1.29 is 14.7 Å². The molecule has 0 saturated heterocycles. The molecular formula is C15H29N3O3. The van der Waals surface area contributed by atoms with Crippen LogP contribution in [-0.2, 0) is 4.79 Å². The van der Waals surface area contributed by atoms with E-state index >= 15 is 0 Å². The Bertz CT molecular complexity index is 339. The number of carbonyl (C=O) groups excluding carboxylic acids is 1. The highest BCUT2D eigenvalue weighted by Crippen LogP contribution is 2.31. The van der Waals surface area contributed by atoms with Crippen LogP contribution in [0.25, 0.3) is 0 Å². The van der Waals surface area contributed by atoms with Gasteiger partial charge in [0.25, 0.3) is 0 Å². The van der Waals surface area contributed by atoms with Crippen molar-refractivity contribution in [3.63, 3.8) is 0 Å². The topological polar surface area (TPSA) is 81.7 Å². The smallest absolute Gasteiger partial charge is 0.315 e. The third-order valence-corrected chi connectivity index (χ3v) is 4.00. The Morgan fingerprint density at radius 1 is 1.14 bits per heavy atom. The summed E-state index contributed by atoms with van der Waals surface area (Å²) < 4.78 is 0. The van der Waals surface area contributed by atoms with Crippen molar-refractivity contribution in [1.29, 1.82) is 0 Å². The molecule has 122 valence electrons. The van der Waals surface area contributed by atoms with Crippen LogP contribution in [0.3, 0.4) is 0 Å². The van der Waals surface area contributed by atoms with E-state index in [0.717, 1.165) is 51.5 Å². The Morgan fingerprint density at radius 2 is 1.81 bits per heavy atom. The van der Waals surface area contributed by atoms with Gasteiger partial charge in [-0.1, -0.05) is 19.3 Å². The summed E-state index contributed by atoms with van der Waals surface area (Å²) in [7, 11) is 4.05. The van der Waals surface area contributed by atoms with E-state index in [-0.39, 0.29) is 12.5 Å². The molecule has 0 spiro atoms. The Morgan fingerprint density at radius 3 is 2.38 bits per heavy atom. The lowest BCUT2D eigenvalue weighted by atomic mass is 9.79. The molecule has 0 atom stereocenters. The van der Waals surface area contributed by atoms with Crippen molar-refractivity contribution in [2.45, 2.75) is 56.9 Å². The first kappa shape index (κ1) is 17.8. The third kappa shape index (κ3) is 7.32. The van der Waals surface area contributed by atoms with Gasteiger partial charge in [-0.15, -0.1) is 0 Å². The summed E-state index contributed by atoms with van der Waals surface area (Å²) in [4.78, 5) is 25.1. The van der Waals surface area contributed by atoms with Crippen molar-refractivity contribution in [2.24, 2.45) is 0 Å².